The largest absolute Gasteiger partial charge is 0.507 e. The number of fused-ring (bicyclic) bond motifs is 3. The van der Waals surface area contributed by atoms with Crippen molar-refractivity contribution in [3.8, 4) is 29.4 Å². The van der Waals surface area contributed by atoms with Gasteiger partial charge in [-0.05, 0) is 98.8 Å². The van der Waals surface area contributed by atoms with Crippen molar-refractivity contribution in [2.75, 3.05) is 88.8 Å². The fourth-order valence-corrected chi connectivity index (χ4v) is 11.6. The molecule has 0 radical (unpaired) electrons. The predicted molar refractivity (Wildman–Crippen MR) is 263 cm³/mol. The number of aromatic nitrogens is 2. The summed E-state index contributed by atoms with van der Waals surface area (Å²) in [7, 11) is 0. The number of anilines is 2. The summed E-state index contributed by atoms with van der Waals surface area (Å²) in [5.74, 6) is 3.57. The zero-order chi connectivity index (χ0) is 47.5. The van der Waals surface area contributed by atoms with Gasteiger partial charge in [-0.2, -0.15) is 0 Å². The number of para-hydroxylation sites is 1. The van der Waals surface area contributed by atoms with Crippen LogP contribution in [-0.4, -0.2) is 178 Å². The summed E-state index contributed by atoms with van der Waals surface area (Å²) in [6, 6.07) is 16.4. The van der Waals surface area contributed by atoms with Crippen LogP contribution in [0, 0.1) is 23.7 Å². The molecule has 1 aromatic heterocycles. The van der Waals surface area contributed by atoms with Gasteiger partial charge in [0.2, 0.25) is 11.8 Å². The van der Waals surface area contributed by atoms with Crippen LogP contribution in [0.2, 0.25) is 0 Å². The van der Waals surface area contributed by atoms with E-state index in [0.29, 0.717) is 48.4 Å². The summed E-state index contributed by atoms with van der Waals surface area (Å²) in [6.45, 7) is 16.0. The van der Waals surface area contributed by atoms with Crippen molar-refractivity contribution >= 4 is 29.4 Å². The Balaban J connectivity index is 0.689. The lowest BCUT2D eigenvalue weighted by atomic mass is 9.85. The van der Waals surface area contributed by atoms with Crippen LogP contribution in [0.25, 0.3) is 11.3 Å². The molecule has 5 aliphatic heterocycles. The third kappa shape index (κ3) is 10.7. The van der Waals surface area contributed by atoms with Crippen molar-refractivity contribution in [2.45, 2.75) is 109 Å². The Morgan fingerprint density at radius 1 is 0.853 bits per heavy atom. The minimum absolute atomic E-state index is 0.0329. The smallest absolute Gasteiger partial charge is 0.318 e. The average molecular weight is 930 g/mol. The Labute approximate surface area is 401 Å². The molecule has 16 heteroatoms. The molecule has 9 rings (SSSR count). The summed E-state index contributed by atoms with van der Waals surface area (Å²) in [4.78, 5) is 55.1. The zero-order valence-corrected chi connectivity index (χ0v) is 40.2. The summed E-state index contributed by atoms with van der Waals surface area (Å²) in [6.07, 6.45) is 12.2. The molecule has 364 valence electrons. The first kappa shape index (κ1) is 47.6. The number of phenols is 1. The number of aliphatic hydroxyl groups excluding tert-OH is 1. The summed E-state index contributed by atoms with van der Waals surface area (Å²) in [5.41, 5.74) is 3.46. The molecule has 1 aliphatic carbocycles. The van der Waals surface area contributed by atoms with E-state index in [9.17, 15) is 24.6 Å². The van der Waals surface area contributed by atoms with Gasteiger partial charge < -0.3 is 45.8 Å². The molecule has 1 saturated carbocycles. The number of piperazine rings is 2. The van der Waals surface area contributed by atoms with Crippen LogP contribution >= 0.6 is 0 Å². The highest BCUT2D eigenvalue weighted by Crippen LogP contribution is 2.38. The van der Waals surface area contributed by atoms with Crippen molar-refractivity contribution in [1.82, 2.24) is 45.3 Å². The number of nitrogens with zero attached hydrogens (tertiary/aromatic N) is 8. The summed E-state index contributed by atoms with van der Waals surface area (Å²) < 4.78 is 0. The van der Waals surface area contributed by atoms with Crippen LogP contribution in [0.1, 0.15) is 76.8 Å². The lowest BCUT2D eigenvalue weighted by Gasteiger charge is -2.49. The highest BCUT2D eigenvalue weighted by atomic mass is 16.3. The Bertz CT molecular complexity index is 2290. The maximum absolute atomic E-state index is 14.2. The van der Waals surface area contributed by atoms with Gasteiger partial charge in [0.1, 0.15) is 17.8 Å². The topological polar surface area (TPSA) is 173 Å². The van der Waals surface area contributed by atoms with Crippen molar-refractivity contribution in [3.63, 3.8) is 0 Å². The number of carbonyl (C=O) groups is 3. The second-order valence-corrected chi connectivity index (χ2v) is 21.1. The number of β-amino-alcohol motifs (C(OH)–C–C–N with tert-alkyl or cyclic N) is 1. The number of amides is 4. The number of aliphatic hydroxyl groups is 1. The van der Waals surface area contributed by atoms with Crippen LogP contribution in [0.15, 0.2) is 54.6 Å². The monoisotopic (exact) mass is 930 g/mol. The normalized spacial score (nSPS) is 25.7. The second kappa shape index (κ2) is 20.6. The number of urea groups is 1. The molecule has 3 aromatic rings. The number of aromatic hydroxyl groups is 1. The van der Waals surface area contributed by atoms with Gasteiger partial charge in [-0.25, -0.2) is 4.79 Å². The number of hydrogen-bond acceptors (Lipinski definition) is 12. The minimum atomic E-state index is -0.877. The predicted octanol–water partition coefficient (Wildman–Crippen LogP) is 3.79. The molecule has 4 atom stereocenters. The van der Waals surface area contributed by atoms with E-state index in [1.807, 2.05) is 68.1 Å². The third-order valence-corrected chi connectivity index (χ3v) is 15.6. The lowest BCUT2D eigenvalue weighted by Crippen LogP contribution is -2.61. The Kier molecular flexibility index (Phi) is 14.4. The molecule has 0 spiro atoms. The molecule has 16 nitrogen and oxygen atoms in total. The molecule has 5 N–H and O–H groups in total. The van der Waals surface area contributed by atoms with Crippen molar-refractivity contribution in [3.05, 3.63) is 65.7 Å². The van der Waals surface area contributed by atoms with Gasteiger partial charge in [-0.1, -0.05) is 51.0 Å². The second-order valence-electron chi connectivity index (χ2n) is 21.1. The van der Waals surface area contributed by atoms with Gasteiger partial charge in [0.25, 0.3) is 0 Å². The Morgan fingerprint density at radius 3 is 2.25 bits per heavy atom. The Morgan fingerprint density at radius 2 is 1.56 bits per heavy atom. The van der Waals surface area contributed by atoms with Crippen molar-refractivity contribution in [2.24, 2.45) is 11.3 Å². The highest BCUT2D eigenvalue weighted by molar-refractivity contribution is 5.93. The van der Waals surface area contributed by atoms with E-state index in [2.05, 4.69) is 57.7 Å². The Hall–Kier alpha value is -5.47. The number of piperidine rings is 1. The molecule has 0 unspecified atom stereocenters. The maximum atomic E-state index is 14.2. The molecule has 4 saturated heterocycles. The fourth-order valence-electron chi connectivity index (χ4n) is 11.6. The first-order chi connectivity index (χ1) is 32.8. The van der Waals surface area contributed by atoms with E-state index < -0.39 is 23.6 Å². The van der Waals surface area contributed by atoms with Crippen LogP contribution in [0.5, 0.6) is 5.75 Å². The molecule has 68 heavy (non-hydrogen) atoms. The van der Waals surface area contributed by atoms with Crippen LogP contribution < -0.4 is 20.9 Å². The first-order valence-electron chi connectivity index (χ1n) is 25.1. The van der Waals surface area contributed by atoms with Crippen LogP contribution in [0.4, 0.5) is 16.3 Å². The number of benzene rings is 2. The molecule has 0 bridgehead atoms. The maximum Gasteiger partial charge on any atom is 0.318 e. The van der Waals surface area contributed by atoms with E-state index in [0.717, 1.165) is 81.5 Å². The highest BCUT2D eigenvalue weighted by Gasteiger charge is 2.45. The molecule has 6 aliphatic rings. The first-order valence-corrected chi connectivity index (χ1v) is 25.1. The zero-order valence-electron chi connectivity index (χ0n) is 40.2. The van der Waals surface area contributed by atoms with Gasteiger partial charge in [0.05, 0.1) is 23.5 Å². The standard InChI is InChI=1S/C52H71N11O5/c1-5-35-10-12-36(13-11-35)30-54-49(66)45-28-41(64)34-63(45)50(67)47(52(2,3)4)55-51(68)60-24-22-58(23-25-60)32-37-18-20-59(21-19-37)38-14-16-39(17-15-38)61-26-27-62-40(33-61)31-53-48-44(62)29-43(56-57-48)42-8-6-7-9-46(42)65/h1,6-13,29,37-41,45,47,64-65H,14-28,30-34H2,2-4H3,(H,53,57)(H,54,66)(H,55,68)/t38?,39?,40-,41+,45-,47+/m0/s1. The summed E-state index contributed by atoms with van der Waals surface area (Å²) >= 11 is 0. The molecule has 2 aromatic carbocycles. The van der Waals surface area contributed by atoms with Gasteiger partial charge in [-0.3, -0.25) is 19.4 Å². The van der Waals surface area contributed by atoms with E-state index in [-0.39, 0.29) is 43.1 Å². The van der Waals surface area contributed by atoms with E-state index in [4.69, 9.17) is 6.42 Å². The molecular formula is C52H71N11O5. The van der Waals surface area contributed by atoms with Gasteiger partial charge >= 0.3 is 6.03 Å². The van der Waals surface area contributed by atoms with Gasteiger partial charge in [0.15, 0.2) is 5.82 Å². The van der Waals surface area contributed by atoms with Crippen molar-refractivity contribution < 1.29 is 24.6 Å². The molecular weight excluding hydrogens is 859 g/mol. The number of likely N-dealkylation sites (tertiary alicyclic amines) is 2. The van der Waals surface area contributed by atoms with Crippen LogP contribution in [-0.2, 0) is 16.1 Å². The lowest BCUT2D eigenvalue weighted by molar-refractivity contribution is -0.142. The number of phenolic OH excluding ortho intramolecular Hbond substituents is 1. The number of hydrogen-bond donors (Lipinski definition) is 5. The molecule has 4 amide bonds. The van der Waals surface area contributed by atoms with E-state index in [1.165, 1.54) is 43.4 Å². The molecule has 6 heterocycles. The number of terminal acetylenes is 1. The number of rotatable bonds is 10. The SMILES string of the molecule is C#Cc1ccc(CNC(=O)[C@@H]2C[C@@H](O)CN2C(=O)[C@@H](NC(=O)N2CCN(CC3CCN(C4CCC(N5CCN6c7cc(-c8ccccc8O)nnc7NC[C@H]6C5)CC4)CC3)CC2)C(C)(C)C)cc1. The minimum Gasteiger partial charge on any atom is -0.507 e. The molecule has 5 fully saturated rings. The average Bonchev–Trinajstić information content (AvgIpc) is 3.76. The van der Waals surface area contributed by atoms with Crippen molar-refractivity contribution in [1.29, 1.82) is 0 Å². The number of nitrogens with one attached hydrogen (secondary N) is 3. The quantitative estimate of drug-likeness (QED) is 0.187. The van der Waals surface area contributed by atoms with Crippen LogP contribution in [0.3, 0.4) is 0 Å². The number of carbonyl (C=O) groups excluding carboxylic acids is 3. The van der Waals surface area contributed by atoms with Gasteiger partial charge in [-0.15, -0.1) is 16.6 Å². The summed E-state index contributed by atoms with van der Waals surface area (Å²) in [5, 5.41) is 39.5. The van der Waals surface area contributed by atoms with Gasteiger partial charge in [0, 0.05) is 102 Å². The fraction of sp³-hybridized carbons (Fsp3) is 0.596. The van der Waals surface area contributed by atoms with E-state index >= 15 is 0 Å². The third-order valence-electron chi connectivity index (χ3n) is 15.6. The van der Waals surface area contributed by atoms with E-state index in [1.54, 1.807) is 6.07 Å².